The summed E-state index contributed by atoms with van der Waals surface area (Å²) in [6.45, 7) is 6.24. The first-order valence-electron chi connectivity index (χ1n) is 4.90. The Hall–Kier alpha value is 0.0200. The summed E-state index contributed by atoms with van der Waals surface area (Å²) in [5, 5.41) is 0.278. The first kappa shape index (κ1) is 12.0. The molecule has 0 aliphatic carbocycles. The van der Waals surface area contributed by atoms with Gasteiger partial charge in [0.15, 0.2) is 0 Å². The van der Waals surface area contributed by atoms with Crippen molar-refractivity contribution in [1.82, 2.24) is 0 Å². The first-order chi connectivity index (χ1) is 5.76. The van der Waals surface area contributed by atoms with Crippen LogP contribution in [0, 0.1) is 0 Å². The van der Waals surface area contributed by atoms with Gasteiger partial charge in [0.25, 0.3) is 0 Å². The Balaban J connectivity index is 3.76. The molecule has 0 N–H and O–H groups in total. The summed E-state index contributed by atoms with van der Waals surface area (Å²) >= 11 is 1.80. The average molecular weight is 188 g/mol. The largest absolute Gasteiger partial charge is 0.298 e. The fraction of sp³-hybridized carbons (Fsp3) is 0.900. The van der Waals surface area contributed by atoms with Gasteiger partial charge in [-0.05, 0) is 12.2 Å². The van der Waals surface area contributed by atoms with Gasteiger partial charge in [-0.15, -0.1) is 0 Å². The van der Waals surface area contributed by atoms with Gasteiger partial charge in [0.2, 0.25) is 0 Å². The summed E-state index contributed by atoms with van der Waals surface area (Å²) in [6, 6.07) is 0. The lowest BCUT2D eigenvalue weighted by atomic mass is 10.1. The molecule has 1 nitrogen and oxygen atoms in total. The Labute approximate surface area is 80.3 Å². The molecule has 0 saturated carbocycles. The number of carbonyl (C=O) groups is 1. The normalized spacial score (nSPS) is 12.9. The second kappa shape index (κ2) is 7.66. The van der Waals surface area contributed by atoms with Crippen LogP contribution in [0.2, 0.25) is 0 Å². The van der Waals surface area contributed by atoms with Crippen molar-refractivity contribution in [2.45, 2.75) is 51.7 Å². The van der Waals surface area contributed by atoms with Gasteiger partial charge in [0.1, 0.15) is 5.78 Å². The highest BCUT2D eigenvalue weighted by Crippen LogP contribution is 2.19. The first-order valence-corrected chi connectivity index (χ1v) is 5.95. The average Bonchev–Trinajstić information content (AvgIpc) is 2.11. The molecule has 2 heteroatoms. The van der Waals surface area contributed by atoms with E-state index >= 15 is 0 Å². The van der Waals surface area contributed by atoms with Gasteiger partial charge in [0.05, 0.1) is 5.25 Å². The molecule has 0 saturated heterocycles. The summed E-state index contributed by atoms with van der Waals surface area (Å²) in [5.74, 6) is 1.48. The molecule has 0 aromatic carbocycles. The standard InChI is InChI=1S/C10H20OS/c1-4-7-8-10(12-6-3)9(11)5-2/h10H,4-8H2,1-3H3. The number of Topliss-reactive ketones (excluding diaryl/α,β-unsaturated/α-hetero) is 1. The molecule has 0 aromatic rings. The number of thioether (sulfide) groups is 1. The van der Waals surface area contributed by atoms with Crippen LogP contribution in [-0.4, -0.2) is 16.8 Å². The van der Waals surface area contributed by atoms with Crippen LogP contribution >= 0.6 is 11.8 Å². The molecule has 0 fully saturated rings. The molecule has 0 bridgehead atoms. The maximum Gasteiger partial charge on any atom is 0.145 e. The molecule has 0 aromatic heterocycles. The Morgan fingerprint density at radius 3 is 2.42 bits per heavy atom. The molecule has 1 unspecified atom stereocenters. The summed E-state index contributed by atoms with van der Waals surface area (Å²) in [7, 11) is 0. The molecule has 0 heterocycles. The van der Waals surface area contributed by atoms with Gasteiger partial charge in [-0.25, -0.2) is 0 Å². The predicted octanol–water partition coefficient (Wildman–Crippen LogP) is 3.28. The maximum absolute atomic E-state index is 11.4. The van der Waals surface area contributed by atoms with Crippen molar-refractivity contribution in [3.63, 3.8) is 0 Å². The molecule has 1 atom stereocenters. The van der Waals surface area contributed by atoms with Crippen LogP contribution in [0.25, 0.3) is 0 Å². The summed E-state index contributed by atoms with van der Waals surface area (Å²) < 4.78 is 0. The van der Waals surface area contributed by atoms with E-state index in [1.54, 1.807) is 11.8 Å². The molecule has 0 rings (SSSR count). The molecule has 12 heavy (non-hydrogen) atoms. The van der Waals surface area contributed by atoms with E-state index in [2.05, 4.69) is 13.8 Å². The zero-order valence-corrected chi connectivity index (χ0v) is 9.25. The molecule has 72 valence electrons. The lowest BCUT2D eigenvalue weighted by Gasteiger charge is -2.12. The third-order valence-corrected chi connectivity index (χ3v) is 3.13. The van der Waals surface area contributed by atoms with Crippen LogP contribution < -0.4 is 0 Å². The molecule has 0 radical (unpaired) electrons. The van der Waals surface area contributed by atoms with Gasteiger partial charge in [-0.3, -0.25) is 4.79 Å². The van der Waals surface area contributed by atoms with E-state index in [1.165, 1.54) is 12.8 Å². The number of ketones is 1. The number of carbonyl (C=O) groups excluding carboxylic acids is 1. The topological polar surface area (TPSA) is 17.1 Å². The Morgan fingerprint density at radius 1 is 1.33 bits per heavy atom. The molecular formula is C10H20OS. The van der Waals surface area contributed by atoms with E-state index in [0.29, 0.717) is 12.2 Å². The third-order valence-electron chi connectivity index (χ3n) is 1.90. The molecular weight excluding hydrogens is 168 g/mol. The summed E-state index contributed by atoms with van der Waals surface area (Å²) in [4.78, 5) is 11.4. The Morgan fingerprint density at radius 2 is 2.00 bits per heavy atom. The Kier molecular flexibility index (Phi) is 7.67. The monoisotopic (exact) mass is 188 g/mol. The van der Waals surface area contributed by atoms with Crippen LogP contribution in [-0.2, 0) is 4.79 Å². The van der Waals surface area contributed by atoms with Crippen LogP contribution in [0.4, 0.5) is 0 Å². The van der Waals surface area contributed by atoms with Crippen molar-refractivity contribution in [3.05, 3.63) is 0 Å². The van der Waals surface area contributed by atoms with Crippen molar-refractivity contribution >= 4 is 17.5 Å². The fourth-order valence-corrected chi connectivity index (χ4v) is 2.24. The second-order valence-electron chi connectivity index (χ2n) is 2.91. The predicted molar refractivity (Wildman–Crippen MR) is 56.7 cm³/mol. The molecule has 0 spiro atoms. The summed E-state index contributed by atoms with van der Waals surface area (Å²) in [6.07, 6.45) is 4.14. The minimum Gasteiger partial charge on any atom is -0.298 e. The SMILES string of the molecule is CCCCC(SCC)C(=O)CC. The van der Waals surface area contributed by atoms with E-state index in [-0.39, 0.29) is 5.25 Å². The van der Waals surface area contributed by atoms with E-state index in [9.17, 15) is 4.79 Å². The highest BCUT2D eigenvalue weighted by Gasteiger charge is 2.14. The van der Waals surface area contributed by atoms with E-state index in [4.69, 9.17) is 0 Å². The lowest BCUT2D eigenvalue weighted by molar-refractivity contribution is -0.118. The minimum absolute atomic E-state index is 0.278. The number of hydrogen-bond donors (Lipinski definition) is 0. The van der Waals surface area contributed by atoms with Crippen LogP contribution in [0.5, 0.6) is 0 Å². The van der Waals surface area contributed by atoms with Crippen molar-refractivity contribution in [2.75, 3.05) is 5.75 Å². The highest BCUT2D eigenvalue weighted by atomic mass is 32.2. The Bertz CT molecular complexity index is 123. The highest BCUT2D eigenvalue weighted by molar-refractivity contribution is 8.00. The maximum atomic E-state index is 11.4. The number of hydrogen-bond acceptors (Lipinski definition) is 2. The zero-order chi connectivity index (χ0) is 9.40. The van der Waals surface area contributed by atoms with Gasteiger partial charge >= 0.3 is 0 Å². The van der Waals surface area contributed by atoms with Crippen LogP contribution in [0.15, 0.2) is 0 Å². The number of unbranched alkanes of at least 4 members (excludes halogenated alkanes) is 1. The third kappa shape index (κ3) is 4.81. The second-order valence-corrected chi connectivity index (χ2v) is 4.39. The van der Waals surface area contributed by atoms with Gasteiger partial charge in [-0.2, -0.15) is 11.8 Å². The molecule has 0 aliphatic rings. The molecule has 0 amide bonds. The van der Waals surface area contributed by atoms with E-state index in [1.807, 2.05) is 6.92 Å². The zero-order valence-electron chi connectivity index (χ0n) is 8.43. The number of rotatable bonds is 7. The van der Waals surface area contributed by atoms with E-state index < -0.39 is 0 Å². The molecule has 0 aliphatic heterocycles. The van der Waals surface area contributed by atoms with Crippen molar-refractivity contribution < 1.29 is 4.79 Å². The van der Waals surface area contributed by atoms with E-state index in [0.717, 1.165) is 12.2 Å². The van der Waals surface area contributed by atoms with Gasteiger partial charge in [-0.1, -0.05) is 33.6 Å². The van der Waals surface area contributed by atoms with Crippen LogP contribution in [0.3, 0.4) is 0 Å². The van der Waals surface area contributed by atoms with Gasteiger partial charge in [0, 0.05) is 6.42 Å². The van der Waals surface area contributed by atoms with Crippen molar-refractivity contribution in [2.24, 2.45) is 0 Å². The smallest absolute Gasteiger partial charge is 0.145 e. The van der Waals surface area contributed by atoms with Gasteiger partial charge < -0.3 is 0 Å². The van der Waals surface area contributed by atoms with Crippen molar-refractivity contribution in [3.8, 4) is 0 Å². The minimum atomic E-state index is 0.278. The van der Waals surface area contributed by atoms with Crippen molar-refractivity contribution in [1.29, 1.82) is 0 Å². The summed E-state index contributed by atoms with van der Waals surface area (Å²) in [5.41, 5.74) is 0. The quantitative estimate of drug-likeness (QED) is 0.610. The lowest BCUT2D eigenvalue weighted by Crippen LogP contribution is -2.16. The fourth-order valence-electron chi connectivity index (χ4n) is 1.16. The van der Waals surface area contributed by atoms with Crippen LogP contribution in [0.1, 0.15) is 46.5 Å².